The first kappa shape index (κ1) is 18.0. The van der Waals surface area contributed by atoms with Crippen LogP contribution in [0.5, 0.6) is 5.75 Å². The maximum Gasteiger partial charge on any atom is 0.134 e. The number of furan rings is 1. The number of aryl methyl sites for hydroxylation is 1. The third-order valence-corrected chi connectivity index (χ3v) is 4.49. The summed E-state index contributed by atoms with van der Waals surface area (Å²) < 4.78 is 11.7. The molecule has 0 radical (unpaired) electrons. The van der Waals surface area contributed by atoms with Gasteiger partial charge in [0.2, 0.25) is 0 Å². The van der Waals surface area contributed by atoms with E-state index in [1.54, 1.807) is 0 Å². The topological polar surface area (TPSA) is 58.2 Å². The number of nitrogens with zero attached hydrogens (tertiary/aromatic N) is 1. The molecule has 0 aliphatic carbocycles. The van der Waals surface area contributed by atoms with Gasteiger partial charge in [-0.2, -0.15) is 5.26 Å². The van der Waals surface area contributed by atoms with Gasteiger partial charge in [0.05, 0.1) is 18.7 Å². The molecular formula is C22H24N2O2. The van der Waals surface area contributed by atoms with Crippen molar-refractivity contribution in [3.8, 4) is 11.8 Å². The van der Waals surface area contributed by atoms with E-state index in [9.17, 15) is 0 Å². The predicted molar refractivity (Wildman–Crippen MR) is 103 cm³/mol. The maximum atomic E-state index is 8.57. The van der Waals surface area contributed by atoms with Crippen molar-refractivity contribution in [2.45, 2.75) is 39.3 Å². The minimum Gasteiger partial charge on any atom is -0.494 e. The van der Waals surface area contributed by atoms with Crippen LogP contribution in [0.25, 0.3) is 11.0 Å². The molecule has 0 saturated heterocycles. The lowest BCUT2D eigenvalue weighted by Crippen LogP contribution is -2.18. The van der Waals surface area contributed by atoms with Crippen LogP contribution < -0.4 is 10.1 Å². The van der Waals surface area contributed by atoms with Gasteiger partial charge in [0.1, 0.15) is 17.1 Å². The van der Waals surface area contributed by atoms with Crippen LogP contribution in [0, 0.1) is 18.3 Å². The van der Waals surface area contributed by atoms with Crippen LogP contribution in [0.3, 0.4) is 0 Å². The number of para-hydroxylation sites is 1. The van der Waals surface area contributed by atoms with E-state index in [0.717, 1.165) is 35.6 Å². The number of benzene rings is 2. The summed E-state index contributed by atoms with van der Waals surface area (Å²) >= 11 is 0. The summed E-state index contributed by atoms with van der Waals surface area (Å²) in [4.78, 5) is 0. The Hall–Kier alpha value is -2.77. The second-order valence-electron chi connectivity index (χ2n) is 6.45. The van der Waals surface area contributed by atoms with E-state index in [-0.39, 0.29) is 6.04 Å². The molecule has 3 aromatic rings. The van der Waals surface area contributed by atoms with E-state index in [1.165, 1.54) is 10.9 Å². The van der Waals surface area contributed by atoms with E-state index in [0.29, 0.717) is 13.0 Å². The molecule has 1 heterocycles. The lowest BCUT2D eigenvalue weighted by molar-refractivity contribution is 0.312. The van der Waals surface area contributed by atoms with E-state index >= 15 is 0 Å². The fourth-order valence-corrected chi connectivity index (χ4v) is 3.06. The van der Waals surface area contributed by atoms with Gasteiger partial charge in [-0.3, -0.25) is 0 Å². The average Bonchev–Trinajstić information content (AvgIpc) is 3.01. The van der Waals surface area contributed by atoms with Crippen molar-refractivity contribution < 1.29 is 9.15 Å². The molecule has 1 aromatic heterocycles. The van der Waals surface area contributed by atoms with Gasteiger partial charge >= 0.3 is 0 Å². The van der Waals surface area contributed by atoms with Gasteiger partial charge in [0, 0.05) is 18.4 Å². The monoisotopic (exact) mass is 348 g/mol. The Labute approximate surface area is 154 Å². The van der Waals surface area contributed by atoms with Crippen LogP contribution in [0.4, 0.5) is 0 Å². The minimum absolute atomic E-state index is 0.114. The Bertz CT molecular complexity index is 908. The largest absolute Gasteiger partial charge is 0.494 e. The van der Waals surface area contributed by atoms with Crippen LogP contribution in [0.1, 0.15) is 42.7 Å². The number of nitrogens with one attached hydrogen (secondary N) is 1. The molecular weight excluding hydrogens is 324 g/mol. The Morgan fingerprint density at radius 2 is 2.04 bits per heavy atom. The molecule has 4 nitrogen and oxygen atoms in total. The van der Waals surface area contributed by atoms with Gasteiger partial charge in [-0.15, -0.1) is 0 Å². The lowest BCUT2D eigenvalue weighted by atomic mass is 10.1. The van der Waals surface area contributed by atoms with Crippen LogP contribution in [-0.4, -0.2) is 6.61 Å². The molecule has 0 aliphatic heterocycles. The Balaban J connectivity index is 1.61. The first-order valence-corrected chi connectivity index (χ1v) is 8.99. The molecule has 0 saturated carbocycles. The normalized spacial score (nSPS) is 12.0. The maximum absolute atomic E-state index is 8.57. The van der Waals surface area contributed by atoms with Crippen molar-refractivity contribution in [1.82, 2.24) is 5.32 Å². The molecule has 26 heavy (non-hydrogen) atoms. The van der Waals surface area contributed by atoms with E-state index in [4.69, 9.17) is 14.4 Å². The highest BCUT2D eigenvalue weighted by Gasteiger charge is 2.15. The van der Waals surface area contributed by atoms with Gasteiger partial charge in [-0.05, 0) is 49.6 Å². The predicted octanol–water partition coefficient (Wildman–Crippen LogP) is 5.27. The highest BCUT2D eigenvalue weighted by atomic mass is 16.5. The number of nitriles is 1. The quantitative estimate of drug-likeness (QED) is 0.563. The molecule has 4 heteroatoms. The highest BCUT2D eigenvalue weighted by Crippen LogP contribution is 2.29. The van der Waals surface area contributed by atoms with Crippen LogP contribution in [-0.2, 0) is 6.54 Å². The van der Waals surface area contributed by atoms with Gasteiger partial charge in [0.15, 0.2) is 0 Å². The van der Waals surface area contributed by atoms with E-state index in [1.807, 2.05) is 36.4 Å². The zero-order valence-electron chi connectivity index (χ0n) is 15.3. The smallest absolute Gasteiger partial charge is 0.134 e. The summed E-state index contributed by atoms with van der Waals surface area (Å²) in [5, 5.41) is 13.3. The Kier molecular flexibility index (Phi) is 5.93. The Morgan fingerprint density at radius 3 is 2.85 bits per heavy atom. The summed E-state index contributed by atoms with van der Waals surface area (Å²) in [6.07, 6.45) is 1.27. The van der Waals surface area contributed by atoms with Gasteiger partial charge in [-0.25, -0.2) is 0 Å². The minimum atomic E-state index is 0.114. The van der Waals surface area contributed by atoms with Gasteiger partial charge < -0.3 is 14.5 Å². The second kappa shape index (κ2) is 8.55. The lowest BCUT2D eigenvalue weighted by Gasteiger charge is -2.13. The van der Waals surface area contributed by atoms with Crippen molar-refractivity contribution in [2.24, 2.45) is 0 Å². The first-order chi connectivity index (χ1) is 12.7. The highest BCUT2D eigenvalue weighted by molar-refractivity contribution is 5.82. The van der Waals surface area contributed by atoms with Crippen molar-refractivity contribution in [2.75, 3.05) is 6.61 Å². The SMILES string of the molecule is Cc1c(C(C)NCc2cccc(OCCCC#N)c2)oc2ccccc12. The van der Waals surface area contributed by atoms with Gasteiger partial charge in [0.25, 0.3) is 0 Å². The van der Waals surface area contributed by atoms with Crippen molar-refractivity contribution in [3.63, 3.8) is 0 Å². The van der Waals surface area contributed by atoms with Crippen LogP contribution in [0.2, 0.25) is 0 Å². The molecule has 0 fully saturated rings. The summed E-state index contributed by atoms with van der Waals surface area (Å²) in [7, 11) is 0. The fraction of sp³-hybridized carbons (Fsp3) is 0.318. The molecule has 134 valence electrons. The first-order valence-electron chi connectivity index (χ1n) is 8.99. The number of rotatable bonds is 8. The molecule has 0 aliphatic rings. The van der Waals surface area contributed by atoms with Crippen LogP contribution >= 0.6 is 0 Å². The number of fused-ring (bicyclic) bond motifs is 1. The summed E-state index contributed by atoms with van der Waals surface area (Å²) in [6.45, 7) is 5.52. The number of ether oxygens (including phenoxy) is 1. The molecule has 1 unspecified atom stereocenters. The standard InChI is InChI=1S/C22H24N2O2/c1-16-20-10-3-4-11-21(20)26-22(16)17(2)24-15-18-8-7-9-19(14-18)25-13-6-5-12-23/h3-4,7-11,14,17,24H,5-6,13,15H2,1-2H3. The number of hydrogen-bond donors (Lipinski definition) is 1. The number of unbranched alkanes of at least 4 members (excludes halogenated alkanes) is 1. The third kappa shape index (κ3) is 4.25. The Morgan fingerprint density at radius 1 is 1.19 bits per heavy atom. The summed E-state index contributed by atoms with van der Waals surface area (Å²) in [6, 6.07) is 18.4. The van der Waals surface area contributed by atoms with E-state index in [2.05, 4.69) is 37.4 Å². The zero-order valence-corrected chi connectivity index (χ0v) is 15.3. The van der Waals surface area contributed by atoms with Gasteiger partial charge in [-0.1, -0.05) is 30.3 Å². The zero-order chi connectivity index (χ0) is 18.4. The molecule has 1 atom stereocenters. The van der Waals surface area contributed by atoms with Crippen molar-refractivity contribution >= 4 is 11.0 Å². The molecule has 0 amide bonds. The molecule has 1 N–H and O–H groups in total. The third-order valence-electron chi connectivity index (χ3n) is 4.49. The van der Waals surface area contributed by atoms with Crippen molar-refractivity contribution in [1.29, 1.82) is 5.26 Å². The molecule has 2 aromatic carbocycles. The van der Waals surface area contributed by atoms with Crippen molar-refractivity contribution in [3.05, 3.63) is 65.4 Å². The average molecular weight is 348 g/mol. The summed E-state index contributed by atoms with van der Waals surface area (Å²) in [5.41, 5.74) is 3.28. The fourth-order valence-electron chi connectivity index (χ4n) is 3.06. The molecule has 0 bridgehead atoms. The summed E-state index contributed by atoms with van der Waals surface area (Å²) in [5.74, 6) is 1.82. The molecule has 3 rings (SSSR count). The van der Waals surface area contributed by atoms with Crippen LogP contribution in [0.15, 0.2) is 52.9 Å². The number of hydrogen-bond acceptors (Lipinski definition) is 4. The molecule has 0 spiro atoms. The van der Waals surface area contributed by atoms with E-state index < -0.39 is 0 Å². The second-order valence-corrected chi connectivity index (χ2v) is 6.45.